The molecule has 0 spiro atoms. The van der Waals surface area contributed by atoms with Gasteiger partial charge in [0.05, 0.1) is 23.1 Å². The van der Waals surface area contributed by atoms with E-state index < -0.39 is 11.9 Å². The van der Waals surface area contributed by atoms with Gasteiger partial charge in [-0.1, -0.05) is 23.8 Å². The highest BCUT2D eigenvalue weighted by atomic mass is 16.2. The number of amides is 3. The minimum Gasteiger partial charge on any atom is -0.360 e. The SMILES string of the molecule is C=C1C(C(=O)NC(N)=O)=NC2=CC(C)=C(C)CC2N1CCN(C)Cc1ccccn1. The van der Waals surface area contributed by atoms with E-state index in [1.807, 2.05) is 38.2 Å². The third-order valence-electron chi connectivity index (χ3n) is 5.45. The molecule has 0 bridgehead atoms. The molecule has 3 amide bonds. The van der Waals surface area contributed by atoms with E-state index in [0.29, 0.717) is 12.2 Å². The van der Waals surface area contributed by atoms with Gasteiger partial charge in [0.15, 0.2) is 5.71 Å². The maximum Gasteiger partial charge on any atom is 0.319 e. The Balaban J connectivity index is 1.79. The van der Waals surface area contributed by atoms with Crippen LogP contribution in [0.2, 0.25) is 0 Å². The fourth-order valence-electron chi connectivity index (χ4n) is 3.66. The van der Waals surface area contributed by atoms with Gasteiger partial charge in [0, 0.05) is 25.8 Å². The largest absolute Gasteiger partial charge is 0.360 e. The molecule has 30 heavy (non-hydrogen) atoms. The molecule has 0 aromatic carbocycles. The van der Waals surface area contributed by atoms with Crippen LogP contribution in [0.1, 0.15) is 26.0 Å². The zero-order chi connectivity index (χ0) is 21.8. The minimum atomic E-state index is -0.913. The quantitative estimate of drug-likeness (QED) is 0.749. The summed E-state index contributed by atoms with van der Waals surface area (Å²) in [5.41, 5.74) is 9.95. The molecule has 158 valence electrons. The molecule has 1 aliphatic heterocycles. The lowest BCUT2D eigenvalue weighted by molar-refractivity contribution is -0.113. The first-order valence-corrected chi connectivity index (χ1v) is 9.88. The van der Waals surface area contributed by atoms with Crippen molar-refractivity contribution in [1.29, 1.82) is 0 Å². The fourth-order valence-corrected chi connectivity index (χ4v) is 3.66. The number of nitrogens with one attached hydrogen (secondary N) is 1. The number of pyridine rings is 1. The number of fused-ring (bicyclic) bond motifs is 1. The van der Waals surface area contributed by atoms with Crippen LogP contribution in [0.4, 0.5) is 4.79 Å². The second-order valence-electron chi connectivity index (χ2n) is 7.73. The Morgan fingerprint density at radius 2 is 2.13 bits per heavy atom. The molecule has 0 saturated heterocycles. The van der Waals surface area contributed by atoms with Crippen molar-refractivity contribution in [2.45, 2.75) is 32.9 Å². The maximum atomic E-state index is 12.5. The van der Waals surface area contributed by atoms with Crippen LogP contribution in [0, 0.1) is 0 Å². The molecule has 2 aliphatic rings. The van der Waals surface area contributed by atoms with E-state index in [1.54, 1.807) is 6.20 Å². The van der Waals surface area contributed by atoms with E-state index in [4.69, 9.17) is 5.73 Å². The van der Waals surface area contributed by atoms with Crippen molar-refractivity contribution in [1.82, 2.24) is 20.1 Å². The van der Waals surface area contributed by atoms with Crippen LogP contribution in [0.3, 0.4) is 0 Å². The average Bonchev–Trinajstić information content (AvgIpc) is 2.68. The van der Waals surface area contributed by atoms with E-state index >= 15 is 0 Å². The van der Waals surface area contributed by atoms with Crippen molar-refractivity contribution in [3.63, 3.8) is 0 Å². The number of nitrogens with two attached hydrogens (primary N) is 1. The number of imide groups is 1. The fraction of sp³-hybridized carbons (Fsp3) is 0.364. The Bertz CT molecular complexity index is 948. The van der Waals surface area contributed by atoms with Crippen molar-refractivity contribution < 1.29 is 9.59 Å². The van der Waals surface area contributed by atoms with Crippen LogP contribution in [0.15, 0.2) is 64.6 Å². The molecule has 1 atom stereocenters. The first-order valence-electron chi connectivity index (χ1n) is 9.88. The Morgan fingerprint density at radius 3 is 2.80 bits per heavy atom. The first kappa shape index (κ1) is 21.4. The zero-order valence-corrected chi connectivity index (χ0v) is 17.7. The van der Waals surface area contributed by atoms with E-state index in [-0.39, 0.29) is 11.8 Å². The minimum absolute atomic E-state index is 0.00887. The number of primary amides is 1. The topological polar surface area (TPSA) is 104 Å². The van der Waals surface area contributed by atoms with Gasteiger partial charge in [-0.25, -0.2) is 9.79 Å². The van der Waals surface area contributed by atoms with E-state index in [2.05, 4.69) is 38.6 Å². The second-order valence-corrected chi connectivity index (χ2v) is 7.73. The van der Waals surface area contributed by atoms with Crippen LogP contribution in [0.5, 0.6) is 0 Å². The van der Waals surface area contributed by atoms with Crippen molar-refractivity contribution in [3.8, 4) is 0 Å². The van der Waals surface area contributed by atoms with Crippen LogP contribution in [-0.4, -0.2) is 58.6 Å². The number of aliphatic imine (C=N–C) groups is 1. The molecule has 1 aromatic rings. The number of urea groups is 1. The van der Waals surface area contributed by atoms with Crippen LogP contribution < -0.4 is 11.1 Å². The molecule has 8 heteroatoms. The summed E-state index contributed by atoms with van der Waals surface area (Å²) < 4.78 is 0. The van der Waals surface area contributed by atoms with Gasteiger partial charge in [-0.3, -0.25) is 20.0 Å². The van der Waals surface area contributed by atoms with Gasteiger partial charge in [-0.05, 0) is 45.5 Å². The standard InChI is InChI=1S/C22H28N6O2/c1-14-11-18-19(12-15(14)2)28(16(3)20(25-18)21(29)26-22(23)30)10-9-27(4)13-17-7-5-6-8-24-17/h5-8,11,19H,3,9-10,12-13H2,1-2,4H3,(H3,23,26,29,30). The summed E-state index contributed by atoms with van der Waals surface area (Å²) in [6.07, 6.45) is 4.60. The van der Waals surface area contributed by atoms with Crippen LogP contribution in [-0.2, 0) is 11.3 Å². The van der Waals surface area contributed by atoms with Gasteiger partial charge >= 0.3 is 6.03 Å². The predicted octanol–water partition coefficient (Wildman–Crippen LogP) is 1.97. The maximum absolute atomic E-state index is 12.5. The molecule has 0 fully saturated rings. The summed E-state index contributed by atoms with van der Waals surface area (Å²) in [6, 6.07) is 4.96. The van der Waals surface area contributed by atoms with E-state index in [1.165, 1.54) is 5.57 Å². The van der Waals surface area contributed by atoms with Gasteiger partial charge < -0.3 is 10.6 Å². The molecular weight excluding hydrogens is 380 g/mol. The molecule has 3 N–H and O–H groups in total. The summed E-state index contributed by atoms with van der Waals surface area (Å²) >= 11 is 0. The normalized spacial score (nSPS) is 18.7. The van der Waals surface area contributed by atoms with Crippen LogP contribution >= 0.6 is 0 Å². The second kappa shape index (κ2) is 9.04. The molecule has 1 unspecified atom stereocenters. The summed E-state index contributed by atoms with van der Waals surface area (Å²) in [6.45, 7) is 10.4. The highest BCUT2D eigenvalue weighted by molar-refractivity contribution is 6.47. The summed E-state index contributed by atoms with van der Waals surface area (Å²) in [5, 5.41) is 2.10. The highest BCUT2D eigenvalue weighted by Crippen LogP contribution is 2.34. The van der Waals surface area contributed by atoms with Crippen molar-refractivity contribution in [2.24, 2.45) is 10.7 Å². The average molecular weight is 409 g/mol. The lowest BCUT2D eigenvalue weighted by Crippen LogP contribution is -2.50. The van der Waals surface area contributed by atoms with Gasteiger partial charge in [0.25, 0.3) is 5.91 Å². The smallest absolute Gasteiger partial charge is 0.319 e. The molecule has 1 aromatic heterocycles. The lowest BCUT2D eigenvalue weighted by atomic mass is 9.90. The number of nitrogens with zero attached hydrogens (tertiary/aromatic N) is 4. The lowest BCUT2D eigenvalue weighted by Gasteiger charge is -2.41. The molecule has 8 nitrogen and oxygen atoms in total. The first-order chi connectivity index (χ1) is 14.3. The van der Waals surface area contributed by atoms with Crippen LogP contribution in [0.25, 0.3) is 0 Å². The van der Waals surface area contributed by atoms with Gasteiger partial charge in [0.2, 0.25) is 0 Å². The molecule has 2 heterocycles. The molecule has 0 radical (unpaired) electrons. The molecule has 1 aliphatic carbocycles. The monoisotopic (exact) mass is 408 g/mol. The number of aromatic nitrogens is 1. The number of allylic oxidation sites excluding steroid dienone is 2. The third kappa shape index (κ3) is 4.83. The number of hydrogen-bond acceptors (Lipinski definition) is 6. The van der Waals surface area contributed by atoms with Crippen molar-refractivity contribution >= 4 is 17.6 Å². The van der Waals surface area contributed by atoms with Crippen molar-refractivity contribution in [2.75, 3.05) is 20.1 Å². The van der Waals surface area contributed by atoms with Crippen molar-refractivity contribution in [3.05, 3.63) is 65.3 Å². The Kier molecular flexibility index (Phi) is 6.47. The Hall–Kier alpha value is -3.26. The number of hydrogen-bond donors (Lipinski definition) is 2. The highest BCUT2D eigenvalue weighted by Gasteiger charge is 2.35. The summed E-state index contributed by atoms with van der Waals surface area (Å²) in [5.74, 6) is -0.636. The zero-order valence-electron chi connectivity index (χ0n) is 17.7. The summed E-state index contributed by atoms with van der Waals surface area (Å²) in [7, 11) is 2.03. The molecule has 3 rings (SSSR count). The van der Waals surface area contributed by atoms with Gasteiger partial charge in [-0.15, -0.1) is 0 Å². The molecule has 0 saturated carbocycles. The Labute approximate surface area is 176 Å². The third-order valence-corrected chi connectivity index (χ3v) is 5.45. The number of rotatable bonds is 6. The Morgan fingerprint density at radius 1 is 1.37 bits per heavy atom. The van der Waals surface area contributed by atoms with E-state index in [0.717, 1.165) is 36.5 Å². The molecular formula is C22H28N6O2. The number of carbonyl (C=O) groups excluding carboxylic acids is 2. The summed E-state index contributed by atoms with van der Waals surface area (Å²) in [4.78, 5) is 36.8. The van der Waals surface area contributed by atoms with E-state index in [9.17, 15) is 9.59 Å². The number of carbonyl (C=O) groups is 2. The van der Waals surface area contributed by atoms with Gasteiger partial charge in [0.1, 0.15) is 0 Å². The predicted molar refractivity (Wildman–Crippen MR) is 116 cm³/mol. The number of likely N-dealkylation sites (N-methyl/N-ethyl adjacent to an activating group) is 1. The van der Waals surface area contributed by atoms with Gasteiger partial charge in [-0.2, -0.15) is 0 Å².